The largest absolute Gasteiger partial charge is 0.440 e. The van der Waals surface area contributed by atoms with Crippen molar-refractivity contribution in [2.24, 2.45) is 0 Å². The highest BCUT2D eigenvalue weighted by atomic mass is 32.1. The summed E-state index contributed by atoms with van der Waals surface area (Å²) in [6, 6.07) is 14.7. The molecule has 1 fully saturated rings. The van der Waals surface area contributed by atoms with E-state index in [4.69, 9.17) is 14.1 Å². The van der Waals surface area contributed by atoms with Gasteiger partial charge in [0.25, 0.3) is 0 Å². The Morgan fingerprint density at radius 2 is 2.04 bits per heavy atom. The van der Waals surface area contributed by atoms with E-state index in [9.17, 15) is 0 Å². The quantitative estimate of drug-likeness (QED) is 0.595. The zero-order valence-corrected chi connectivity index (χ0v) is 15.9. The Hall–Kier alpha value is -1.95. The monoisotopic (exact) mass is 368 g/mol. The van der Waals surface area contributed by atoms with Crippen LogP contribution in [-0.2, 0) is 17.8 Å². The van der Waals surface area contributed by atoms with Crippen LogP contribution in [0.15, 0.2) is 52.3 Å². The van der Waals surface area contributed by atoms with Crippen LogP contribution in [0.25, 0.3) is 10.8 Å². The van der Waals surface area contributed by atoms with E-state index in [1.54, 1.807) is 11.3 Å². The van der Waals surface area contributed by atoms with Crippen LogP contribution in [0.2, 0.25) is 0 Å². The maximum atomic E-state index is 5.92. The molecule has 0 aliphatic carbocycles. The number of hydrogen-bond donors (Lipinski definition) is 0. The van der Waals surface area contributed by atoms with Crippen LogP contribution in [0, 0.1) is 6.92 Å². The second-order valence-electron chi connectivity index (χ2n) is 6.79. The highest BCUT2D eigenvalue weighted by molar-refractivity contribution is 7.13. The third kappa shape index (κ3) is 4.23. The van der Waals surface area contributed by atoms with Gasteiger partial charge in [-0.15, -0.1) is 11.3 Å². The molecule has 3 heterocycles. The Kier molecular flexibility index (Phi) is 5.48. The maximum Gasteiger partial charge on any atom is 0.236 e. The highest BCUT2D eigenvalue weighted by Gasteiger charge is 2.22. The van der Waals surface area contributed by atoms with Crippen molar-refractivity contribution in [2.45, 2.75) is 39.0 Å². The molecule has 1 aliphatic heterocycles. The third-order valence-corrected chi connectivity index (χ3v) is 5.59. The van der Waals surface area contributed by atoms with E-state index < -0.39 is 0 Å². The Morgan fingerprint density at radius 3 is 2.77 bits per heavy atom. The molecule has 1 unspecified atom stereocenters. The van der Waals surface area contributed by atoms with E-state index >= 15 is 0 Å². The summed E-state index contributed by atoms with van der Waals surface area (Å²) in [6.45, 7) is 5.48. The zero-order valence-electron chi connectivity index (χ0n) is 15.1. The Labute approximate surface area is 158 Å². The number of thiophene rings is 1. The van der Waals surface area contributed by atoms with Crippen LogP contribution >= 0.6 is 11.3 Å². The Bertz CT molecular complexity index is 808. The first kappa shape index (κ1) is 17.5. The van der Waals surface area contributed by atoms with Gasteiger partial charge in [0.15, 0.2) is 0 Å². The molecule has 4 nitrogen and oxygen atoms in total. The van der Waals surface area contributed by atoms with Crippen molar-refractivity contribution < 1.29 is 9.15 Å². The van der Waals surface area contributed by atoms with Crippen LogP contribution in [0.1, 0.15) is 29.9 Å². The average Bonchev–Trinajstić information content (AvgIpc) is 3.39. The number of ether oxygens (including phenoxy) is 1. The van der Waals surface area contributed by atoms with Crippen molar-refractivity contribution in [1.29, 1.82) is 0 Å². The number of benzene rings is 1. The highest BCUT2D eigenvalue weighted by Crippen LogP contribution is 2.27. The van der Waals surface area contributed by atoms with E-state index in [1.165, 1.54) is 5.56 Å². The minimum atomic E-state index is 0.322. The van der Waals surface area contributed by atoms with E-state index in [0.29, 0.717) is 6.10 Å². The van der Waals surface area contributed by atoms with Gasteiger partial charge in [-0.3, -0.25) is 4.90 Å². The van der Waals surface area contributed by atoms with Gasteiger partial charge in [0.05, 0.1) is 16.7 Å². The van der Waals surface area contributed by atoms with Gasteiger partial charge in [-0.2, -0.15) is 0 Å². The second kappa shape index (κ2) is 8.16. The number of oxazole rings is 1. The molecule has 26 heavy (non-hydrogen) atoms. The number of aryl methyl sites for hydroxylation is 1. The van der Waals surface area contributed by atoms with Crippen molar-refractivity contribution in [3.05, 3.63) is 64.9 Å². The molecule has 0 N–H and O–H groups in total. The summed E-state index contributed by atoms with van der Waals surface area (Å²) in [5, 5.41) is 2.05. The molecule has 0 radical (unpaired) electrons. The lowest BCUT2D eigenvalue weighted by Gasteiger charge is -2.24. The molecular formula is C21H24N2O2S. The van der Waals surface area contributed by atoms with Crippen molar-refractivity contribution in [3.8, 4) is 10.8 Å². The smallest absolute Gasteiger partial charge is 0.236 e. The molecule has 136 valence electrons. The summed E-state index contributed by atoms with van der Waals surface area (Å²) < 4.78 is 11.8. The van der Waals surface area contributed by atoms with Gasteiger partial charge < -0.3 is 9.15 Å². The molecule has 5 heteroatoms. The first-order chi connectivity index (χ1) is 12.8. The summed E-state index contributed by atoms with van der Waals surface area (Å²) in [6.07, 6.45) is 2.63. The second-order valence-corrected chi connectivity index (χ2v) is 7.74. The molecule has 1 saturated heterocycles. The molecule has 3 aromatic rings. The molecule has 0 spiro atoms. The topological polar surface area (TPSA) is 38.5 Å². The fraction of sp³-hybridized carbons (Fsp3) is 0.381. The van der Waals surface area contributed by atoms with Gasteiger partial charge in [-0.05, 0) is 36.8 Å². The van der Waals surface area contributed by atoms with Crippen LogP contribution in [-0.4, -0.2) is 29.1 Å². The van der Waals surface area contributed by atoms with Crippen molar-refractivity contribution in [1.82, 2.24) is 9.88 Å². The van der Waals surface area contributed by atoms with E-state index in [1.807, 2.05) is 24.4 Å². The standard InChI is InChI=1S/C21H24N2O2S/c1-16-19(22-21(25-16)20-10-6-12-26-20)15-23(14-18-9-5-11-24-18)13-17-7-3-2-4-8-17/h2-4,6-8,10,12,18H,5,9,11,13-15H2,1H3. The molecule has 1 aliphatic rings. The van der Waals surface area contributed by atoms with Crippen LogP contribution in [0.3, 0.4) is 0 Å². The fourth-order valence-corrected chi connectivity index (χ4v) is 4.04. The van der Waals surface area contributed by atoms with Crippen LogP contribution in [0.4, 0.5) is 0 Å². The molecular weight excluding hydrogens is 344 g/mol. The lowest BCUT2D eigenvalue weighted by molar-refractivity contribution is 0.0673. The summed E-state index contributed by atoms with van der Waals surface area (Å²) in [5.74, 6) is 1.63. The van der Waals surface area contributed by atoms with Gasteiger partial charge >= 0.3 is 0 Å². The van der Waals surface area contributed by atoms with Crippen LogP contribution in [0.5, 0.6) is 0 Å². The first-order valence-electron chi connectivity index (χ1n) is 9.16. The molecule has 1 atom stereocenters. The first-order valence-corrected chi connectivity index (χ1v) is 10.0. The summed E-state index contributed by atoms with van der Waals surface area (Å²) in [5.41, 5.74) is 2.33. The van der Waals surface area contributed by atoms with Gasteiger partial charge in [-0.1, -0.05) is 36.4 Å². The third-order valence-electron chi connectivity index (χ3n) is 4.73. The average molecular weight is 369 g/mol. The van der Waals surface area contributed by atoms with E-state index in [0.717, 1.165) is 61.3 Å². The lowest BCUT2D eigenvalue weighted by Crippen LogP contribution is -2.31. The molecule has 2 aromatic heterocycles. The van der Waals surface area contributed by atoms with Gasteiger partial charge in [0.1, 0.15) is 5.76 Å². The molecule has 4 rings (SSSR count). The van der Waals surface area contributed by atoms with Gasteiger partial charge in [-0.25, -0.2) is 4.98 Å². The summed E-state index contributed by atoms with van der Waals surface area (Å²) in [7, 11) is 0. The minimum Gasteiger partial charge on any atom is -0.440 e. The van der Waals surface area contributed by atoms with Crippen molar-refractivity contribution in [2.75, 3.05) is 13.2 Å². The predicted octanol–water partition coefficient (Wildman–Crippen LogP) is 4.89. The normalized spacial score (nSPS) is 17.2. The summed E-state index contributed by atoms with van der Waals surface area (Å²) >= 11 is 1.66. The summed E-state index contributed by atoms with van der Waals surface area (Å²) in [4.78, 5) is 8.27. The van der Waals surface area contributed by atoms with E-state index in [2.05, 4.69) is 35.2 Å². The molecule has 0 amide bonds. The number of rotatable bonds is 7. The van der Waals surface area contributed by atoms with Gasteiger partial charge in [0, 0.05) is 26.2 Å². The van der Waals surface area contributed by atoms with E-state index in [-0.39, 0.29) is 0 Å². The Morgan fingerprint density at radius 1 is 1.15 bits per heavy atom. The zero-order chi connectivity index (χ0) is 17.8. The molecule has 0 bridgehead atoms. The SMILES string of the molecule is Cc1oc(-c2cccs2)nc1CN(Cc1ccccc1)CC1CCCO1. The predicted molar refractivity (Wildman–Crippen MR) is 104 cm³/mol. The maximum absolute atomic E-state index is 5.92. The van der Waals surface area contributed by atoms with Gasteiger partial charge in [0.2, 0.25) is 5.89 Å². The lowest BCUT2D eigenvalue weighted by atomic mass is 10.1. The van der Waals surface area contributed by atoms with Crippen LogP contribution < -0.4 is 0 Å². The number of aromatic nitrogens is 1. The molecule has 0 saturated carbocycles. The fourth-order valence-electron chi connectivity index (χ4n) is 3.40. The molecule has 1 aromatic carbocycles. The Balaban J connectivity index is 1.51. The minimum absolute atomic E-state index is 0.322. The number of nitrogens with zero attached hydrogens (tertiary/aromatic N) is 2. The number of hydrogen-bond acceptors (Lipinski definition) is 5. The van der Waals surface area contributed by atoms with Crippen molar-refractivity contribution >= 4 is 11.3 Å². The van der Waals surface area contributed by atoms with Crippen molar-refractivity contribution in [3.63, 3.8) is 0 Å².